The van der Waals surface area contributed by atoms with Crippen LogP contribution in [0.2, 0.25) is 0 Å². The van der Waals surface area contributed by atoms with Crippen LogP contribution in [0.15, 0.2) is 143 Å². The average molecular weight is 551 g/mol. The maximum Gasteiger partial charge on any atom is 0.252 e. The Balaban J connectivity index is 1.44. The van der Waals surface area contributed by atoms with Crippen LogP contribution in [-0.4, -0.2) is 11.7 Å². The first-order chi connectivity index (χ1) is 20.9. The van der Waals surface area contributed by atoms with Gasteiger partial charge in [0.2, 0.25) is 0 Å². The molecule has 0 atom stereocenters. The van der Waals surface area contributed by atoms with Gasteiger partial charge in [0.05, 0.1) is 22.6 Å². The second-order valence-corrected chi connectivity index (χ2v) is 12.2. The summed E-state index contributed by atoms with van der Waals surface area (Å²) in [5.74, 6) is 0. The number of pyridine rings is 1. The predicted octanol–water partition coefficient (Wildman–Crippen LogP) is 7.94. The summed E-state index contributed by atoms with van der Waals surface area (Å²) in [6, 6.07) is 46.4. The van der Waals surface area contributed by atoms with Crippen LogP contribution in [0.4, 0.5) is 34.1 Å². The van der Waals surface area contributed by atoms with Crippen molar-refractivity contribution in [3.05, 3.63) is 134 Å². The maximum atomic E-state index is 5.00. The number of hydrogen-bond acceptors (Lipinski definition) is 4. The van der Waals surface area contributed by atoms with E-state index < -0.39 is 0 Å². The van der Waals surface area contributed by atoms with Crippen molar-refractivity contribution in [3.8, 4) is 0 Å². The smallest absolute Gasteiger partial charge is 0.252 e. The lowest BCUT2D eigenvalue weighted by Crippen LogP contribution is -2.61. The zero-order chi connectivity index (χ0) is 27.4. The molecule has 3 nitrogen and oxygen atoms in total. The maximum absolute atomic E-state index is 5.00. The first kappa shape index (κ1) is 22.7. The molecule has 5 heteroatoms. The lowest BCUT2D eigenvalue weighted by atomic mass is 9.33. The summed E-state index contributed by atoms with van der Waals surface area (Å²) in [4.78, 5) is 12.6. The summed E-state index contributed by atoms with van der Waals surface area (Å²) in [5.41, 5.74) is 12.5. The Kier molecular flexibility index (Phi) is 4.47. The van der Waals surface area contributed by atoms with Crippen molar-refractivity contribution in [2.75, 3.05) is 9.80 Å². The van der Waals surface area contributed by atoms with E-state index in [1.54, 1.807) is 0 Å². The van der Waals surface area contributed by atoms with E-state index in [4.69, 9.17) is 4.98 Å². The Morgan fingerprint density at radius 2 is 1.26 bits per heavy atom. The molecule has 0 unspecified atom stereocenters. The van der Waals surface area contributed by atoms with Crippen LogP contribution in [0, 0.1) is 0 Å². The van der Waals surface area contributed by atoms with Gasteiger partial charge < -0.3 is 9.80 Å². The number of nitrogens with zero attached hydrogens (tertiary/aromatic N) is 3. The molecule has 0 N–H and O–H groups in total. The van der Waals surface area contributed by atoms with Gasteiger partial charge in [0.15, 0.2) is 0 Å². The van der Waals surface area contributed by atoms with E-state index in [0.717, 1.165) is 11.2 Å². The molecule has 10 rings (SSSR count). The number of benzene rings is 6. The number of hydrogen-bond donors (Lipinski definition) is 0. The highest BCUT2D eigenvalue weighted by atomic mass is 32.2. The van der Waals surface area contributed by atoms with E-state index in [9.17, 15) is 0 Å². The summed E-state index contributed by atoms with van der Waals surface area (Å²) in [6.07, 6.45) is 2.10. The summed E-state index contributed by atoms with van der Waals surface area (Å²) in [5, 5.41) is 3.58. The number of anilines is 6. The Morgan fingerprint density at radius 1 is 0.524 bits per heavy atom. The molecule has 0 amide bonds. The average Bonchev–Trinajstić information content (AvgIpc) is 3.06. The molecule has 7 aromatic rings. The van der Waals surface area contributed by atoms with Gasteiger partial charge in [0, 0.05) is 43.8 Å². The molecular formula is C37H22BN3S. The van der Waals surface area contributed by atoms with Gasteiger partial charge in [-0.05, 0) is 70.3 Å². The Hall–Kier alpha value is -5.00. The fourth-order valence-electron chi connectivity index (χ4n) is 7.39. The largest absolute Gasteiger partial charge is 0.311 e. The van der Waals surface area contributed by atoms with Gasteiger partial charge in [-0.3, -0.25) is 4.98 Å². The highest BCUT2D eigenvalue weighted by molar-refractivity contribution is 7.99. The topological polar surface area (TPSA) is 19.4 Å². The van der Waals surface area contributed by atoms with E-state index >= 15 is 0 Å². The third-order valence-electron chi connectivity index (χ3n) is 9.03. The van der Waals surface area contributed by atoms with Crippen LogP contribution in [0.1, 0.15) is 0 Å². The molecule has 42 heavy (non-hydrogen) atoms. The number of para-hydroxylation sites is 5. The molecule has 1 aromatic heterocycles. The lowest BCUT2D eigenvalue weighted by Gasteiger charge is -2.46. The van der Waals surface area contributed by atoms with Crippen LogP contribution < -0.4 is 26.2 Å². The molecule has 0 spiro atoms. The van der Waals surface area contributed by atoms with Gasteiger partial charge in [0.25, 0.3) is 6.71 Å². The fourth-order valence-corrected chi connectivity index (χ4v) is 8.49. The molecule has 6 aromatic carbocycles. The monoisotopic (exact) mass is 551 g/mol. The molecule has 0 aliphatic carbocycles. The Morgan fingerprint density at radius 3 is 2.19 bits per heavy atom. The minimum Gasteiger partial charge on any atom is -0.311 e. The lowest BCUT2D eigenvalue weighted by molar-refractivity contribution is 1.17. The van der Waals surface area contributed by atoms with Crippen LogP contribution in [0.3, 0.4) is 0 Å². The second kappa shape index (κ2) is 8.28. The van der Waals surface area contributed by atoms with Crippen LogP contribution >= 0.6 is 11.8 Å². The van der Waals surface area contributed by atoms with Gasteiger partial charge in [-0.1, -0.05) is 90.6 Å². The summed E-state index contributed by atoms with van der Waals surface area (Å²) < 4.78 is 0. The summed E-state index contributed by atoms with van der Waals surface area (Å²) in [6.45, 7) is 0.110. The zero-order valence-electron chi connectivity index (χ0n) is 22.5. The molecular weight excluding hydrogens is 529 g/mol. The fraction of sp³-hybridized carbons (Fsp3) is 0. The molecule has 194 valence electrons. The van der Waals surface area contributed by atoms with E-state index in [2.05, 4.69) is 143 Å². The van der Waals surface area contributed by atoms with E-state index in [-0.39, 0.29) is 6.71 Å². The molecule has 3 aliphatic heterocycles. The number of aromatic nitrogens is 1. The van der Waals surface area contributed by atoms with Crippen molar-refractivity contribution in [2.24, 2.45) is 0 Å². The second-order valence-electron chi connectivity index (χ2n) is 11.2. The predicted molar refractivity (Wildman–Crippen MR) is 177 cm³/mol. The normalized spacial score (nSPS) is 14.0. The Bertz CT molecular complexity index is 2260. The molecule has 0 saturated carbocycles. The van der Waals surface area contributed by atoms with Gasteiger partial charge in [-0.2, -0.15) is 0 Å². The minimum atomic E-state index is 0.110. The third-order valence-corrected chi connectivity index (χ3v) is 10.1. The van der Waals surface area contributed by atoms with Gasteiger partial charge in [-0.25, -0.2) is 0 Å². The van der Waals surface area contributed by atoms with Crippen LogP contribution in [0.5, 0.6) is 0 Å². The van der Waals surface area contributed by atoms with Crippen molar-refractivity contribution in [3.63, 3.8) is 0 Å². The van der Waals surface area contributed by atoms with Crippen molar-refractivity contribution in [2.45, 2.75) is 9.79 Å². The van der Waals surface area contributed by atoms with E-state index in [0.29, 0.717) is 0 Å². The van der Waals surface area contributed by atoms with Gasteiger partial charge in [-0.15, -0.1) is 0 Å². The molecule has 0 radical (unpaired) electrons. The van der Waals surface area contributed by atoms with Crippen LogP contribution in [-0.2, 0) is 0 Å². The van der Waals surface area contributed by atoms with E-state index in [1.807, 2.05) is 11.8 Å². The first-order valence-electron chi connectivity index (χ1n) is 14.4. The zero-order valence-corrected chi connectivity index (χ0v) is 23.3. The number of rotatable bonds is 1. The molecule has 0 saturated heterocycles. The van der Waals surface area contributed by atoms with Crippen molar-refractivity contribution in [1.82, 2.24) is 4.98 Å². The first-order valence-corrected chi connectivity index (χ1v) is 15.2. The highest BCUT2D eigenvalue weighted by Crippen LogP contribution is 2.54. The van der Waals surface area contributed by atoms with Crippen molar-refractivity contribution < 1.29 is 0 Å². The van der Waals surface area contributed by atoms with Crippen LogP contribution in [0.25, 0.3) is 21.7 Å². The standard InChI is InChI=1S/C37H22BN3S/c1-2-11-23(12-3-1)40-30-17-7-5-14-27(30)38-28-15-10-20-34-37(28)41(31-18-8-9-19-33(31)42-34)32-21-25-24-13-4-6-16-29(24)39-22-26(25)36(40)35(32)38/h1-22H. The van der Waals surface area contributed by atoms with Gasteiger partial charge in [0.1, 0.15) is 0 Å². The minimum absolute atomic E-state index is 0.110. The molecule has 0 fully saturated rings. The number of fused-ring (bicyclic) bond motifs is 10. The van der Waals surface area contributed by atoms with Gasteiger partial charge >= 0.3 is 0 Å². The summed E-state index contributed by atoms with van der Waals surface area (Å²) in [7, 11) is 0. The van der Waals surface area contributed by atoms with Crippen molar-refractivity contribution in [1.29, 1.82) is 0 Å². The van der Waals surface area contributed by atoms with Crippen molar-refractivity contribution >= 4 is 90.7 Å². The molecule has 3 aliphatic rings. The molecule has 0 bridgehead atoms. The summed E-state index contributed by atoms with van der Waals surface area (Å²) >= 11 is 1.88. The highest BCUT2D eigenvalue weighted by Gasteiger charge is 2.46. The quantitative estimate of drug-likeness (QED) is 0.152. The van der Waals surface area contributed by atoms with E-state index in [1.165, 1.54) is 70.8 Å². The molecule has 4 heterocycles. The Labute approximate surface area is 248 Å². The third kappa shape index (κ3) is 2.86. The SMILES string of the molecule is c1ccc(N2c3ccccc3B3c4cccc5c4N(c4ccccc4S5)c4cc5c(cnc6ccccc65)c2c43)cc1.